The molecule has 0 radical (unpaired) electrons. The third-order valence-corrected chi connectivity index (χ3v) is 4.70. The predicted molar refractivity (Wildman–Crippen MR) is 103 cm³/mol. The van der Waals surface area contributed by atoms with Crippen LogP contribution in [0.25, 0.3) is 6.08 Å². The molecule has 0 saturated carbocycles. The molecular weight excluding hydrogens is 296 g/mol. The number of anilines is 1. The second kappa shape index (κ2) is 5.95. The van der Waals surface area contributed by atoms with Crippen LogP contribution in [-0.2, 0) is 6.54 Å². The number of nitrogens with zero attached hydrogens (tertiary/aromatic N) is 3. The van der Waals surface area contributed by atoms with Gasteiger partial charge < -0.3 is 15.2 Å². The third-order valence-electron chi connectivity index (χ3n) is 4.70. The summed E-state index contributed by atoms with van der Waals surface area (Å²) in [5.74, 6) is 0.915. The first-order valence-electron chi connectivity index (χ1n) is 8.31. The Balaban J connectivity index is 2.08. The van der Waals surface area contributed by atoms with Gasteiger partial charge in [-0.2, -0.15) is 0 Å². The predicted octanol–water partition coefficient (Wildman–Crippen LogP) is 3.71. The Morgan fingerprint density at radius 2 is 2.00 bits per heavy atom. The lowest BCUT2D eigenvalue weighted by atomic mass is 10.0. The second-order valence-electron chi connectivity index (χ2n) is 6.80. The maximum atomic E-state index is 6.49. The topological polar surface area (TPSA) is 46.5 Å². The smallest absolute Gasteiger partial charge is 0.111 e. The Morgan fingerprint density at radius 3 is 2.67 bits per heavy atom. The molecule has 24 heavy (non-hydrogen) atoms. The Labute approximate surface area is 144 Å². The Morgan fingerprint density at radius 1 is 1.25 bits per heavy atom. The fourth-order valence-electron chi connectivity index (χ4n) is 3.44. The van der Waals surface area contributed by atoms with Gasteiger partial charge in [0.25, 0.3) is 0 Å². The second-order valence-corrected chi connectivity index (χ2v) is 6.80. The van der Waals surface area contributed by atoms with Crippen molar-refractivity contribution in [3.05, 3.63) is 58.9 Å². The highest BCUT2D eigenvalue weighted by atomic mass is 15.3. The molecule has 4 nitrogen and oxygen atoms in total. The molecule has 0 amide bonds. The van der Waals surface area contributed by atoms with E-state index in [9.17, 15) is 0 Å². The fourth-order valence-corrected chi connectivity index (χ4v) is 3.44. The summed E-state index contributed by atoms with van der Waals surface area (Å²) in [6.45, 7) is 9.14. The molecule has 2 heterocycles. The standard InChI is InChI=1S/C20H26N4/c1-14-7-6-8-17(11-14)13-23-15(2)12-19-18(23)9-10-20(4,21)24(19)16(3)22-5/h6-12H,13,21H2,1-5H3. The van der Waals surface area contributed by atoms with Gasteiger partial charge in [0.2, 0.25) is 0 Å². The summed E-state index contributed by atoms with van der Waals surface area (Å²) in [6, 6.07) is 10.9. The van der Waals surface area contributed by atoms with E-state index in [-0.39, 0.29) is 0 Å². The summed E-state index contributed by atoms with van der Waals surface area (Å²) in [6.07, 6.45) is 4.19. The highest BCUT2D eigenvalue weighted by Gasteiger charge is 2.33. The van der Waals surface area contributed by atoms with Crippen molar-refractivity contribution in [3.63, 3.8) is 0 Å². The minimum absolute atomic E-state index is 0.571. The van der Waals surface area contributed by atoms with Crippen molar-refractivity contribution < 1.29 is 0 Å². The highest BCUT2D eigenvalue weighted by molar-refractivity contribution is 6.00. The van der Waals surface area contributed by atoms with Crippen LogP contribution in [0.4, 0.5) is 5.69 Å². The minimum atomic E-state index is -0.571. The van der Waals surface area contributed by atoms with Crippen LogP contribution in [0.2, 0.25) is 0 Å². The molecule has 2 aromatic rings. The maximum Gasteiger partial charge on any atom is 0.111 e. The number of rotatable bonds is 2. The molecule has 1 atom stereocenters. The van der Waals surface area contributed by atoms with Gasteiger partial charge in [0.05, 0.1) is 11.4 Å². The van der Waals surface area contributed by atoms with E-state index in [1.165, 1.54) is 22.5 Å². The van der Waals surface area contributed by atoms with Crippen LogP contribution in [0.5, 0.6) is 0 Å². The number of aryl methyl sites for hydroxylation is 2. The van der Waals surface area contributed by atoms with Gasteiger partial charge >= 0.3 is 0 Å². The summed E-state index contributed by atoms with van der Waals surface area (Å²) in [5, 5.41) is 0. The lowest BCUT2D eigenvalue weighted by Crippen LogP contribution is -2.56. The van der Waals surface area contributed by atoms with Crippen molar-refractivity contribution in [1.29, 1.82) is 0 Å². The van der Waals surface area contributed by atoms with Crippen molar-refractivity contribution >= 4 is 17.6 Å². The largest absolute Gasteiger partial charge is 0.339 e. The summed E-state index contributed by atoms with van der Waals surface area (Å²) in [5.41, 5.74) is 12.0. The fraction of sp³-hybridized carbons (Fsp3) is 0.350. The van der Waals surface area contributed by atoms with Crippen molar-refractivity contribution in [2.45, 2.75) is 39.9 Å². The Bertz CT molecular complexity index is 824. The normalized spacial score (nSPS) is 20.4. The third kappa shape index (κ3) is 2.78. The van der Waals surface area contributed by atoms with Gasteiger partial charge in [0.1, 0.15) is 11.5 Å². The number of nitrogens with two attached hydrogens (primary N) is 1. The molecule has 0 saturated heterocycles. The number of fused-ring (bicyclic) bond motifs is 1. The lowest BCUT2D eigenvalue weighted by molar-refractivity contribution is 0.600. The molecule has 1 aliphatic rings. The molecule has 126 valence electrons. The van der Waals surface area contributed by atoms with Crippen molar-refractivity contribution in [2.75, 3.05) is 11.9 Å². The first kappa shape index (κ1) is 16.5. The molecule has 0 spiro atoms. The van der Waals surface area contributed by atoms with E-state index in [0.29, 0.717) is 0 Å². The molecule has 0 bridgehead atoms. The van der Waals surface area contributed by atoms with Gasteiger partial charge in [0, 0.05) is 19.3 Å². The van der Waals surface area contributed by atoms with Crippen LogP contribution in [0.1, 0.15) is 36.4 Å². The highest BCUT2D eigenvalue weighted by Crippen LogP contribution is 2.35. The SMILES string of the molecule is CN=C(C)N1c2cc(C)n(Cc3cccc(C)c3)c2C=CC1(C)N. The van der Waals surface area contributed by atoms with Gasteiger partial charge in [-0.15, -0.1) is 0 Å². The zero-order valence-electron chi connectivity index (χ0n) is 15.2. The lowest BCUT2D eigenvalue weighted by Gasteiger charge is -2.40. The van der Waals surface area contributed by atoms with Crippen LogP contribution >= 0.6 is 0 Å². The summed E-state index contributed by atoms with van der Waals surface area (Å²) < 4.78 is 2.34. The summed E-state index contributed by atoms with van der Waals surface area (Å²) in [4.78, 5) is 6.47. The summed E-state index contributed by atoms with van der Waals surface area (Å²) in [7, 11) is 1.81. The van der Waals surface area contributed by atoms with Gasteiger partial charge in [-0.05, 0) is 51.5 Å². The van der Waals surface area contributed by atoms with E-state index < -0.39 is 5.66 Å². The van der Waals surface area contributed by atoms with E-state index in [1.54, 1.807) is 7.05 Å². The average Bonchev–Trinajstić information content (AvgIpc) is 2.81. The van der Waals surface area contributed by atoms with Gasteiger partial charge in [-0.3, -0.25) is 4.99 Å². The Hall–Kier alpha value is -2.33. The molecule has 0 aliphatic carbocycles. The molecule has 4 heteroatoms. The first-order valence-corrected chi connectivity index (χ1v) is 8.31. The van der Waals surface area contributed by atoms with Crippen LogP contribution in [0.15, 0.2) is 41.4 Å². The average molecular weight is 322 g/mol. The van der Waals surface area contributed by atoms with E-state index in [2.05, 4.69) is 70.8 Å². The van der Waals surface area contributed by atoms with E-state index in [4.69, 9.17) is 5.73 Å². The number of aliphatic imine (C=N–C) groups is 1. The zero-order valence-corrected chi connectivity index (χ0v) is 15.2. The van der Waals surface area contributed by atoms with Crippen molar-refractivity contribution in [2.24, 2.45) is 10.7 Å². The first-order chi connectivity index (χ1) is 11.3. The van der Waals surface area contributed by atoms with E-state index in [0.717, 1.165) is 18.1 Å². The molecular formula is C20H26N4. The van der Waals surface area contributed by atoms with E-state index >= 15 is 0 Å². The maximum absolute atomic E-state index is 6.49. The van der Waals surface area contributed by atoms with Crippen molar-refractivity contribution in [1.82, 2.24) is 4.57 Å². The Kier molecular flexibility index (Phi) is 4.10. The number of benzene rings is 1. The zero-order chi connectivity index (χ0) is 17.5. The van der Waals surface area contributed by atoms with Crippen LogP contribution in [0.3, 0.4) is 0 Å². The minimum Gasteiger partial charge on any atom is -0.339 e. The molecule has 1 aliphatic heterocycles. The van der Waals surface area contributed by atoms with E-state index in [1.807, 2.05) is 13.8 Å². The van der Waals surface area contributed by atoms with Crippen LogP contribution < -0.4 is 10.6 Å². The molecule has 1 aromatic heterocycles. The number of hydrogen-bond donors (Lipinski definition) is 1. The van der Waals surface area contributed by atoms with Gasteiger partial charge in [0.15, 0.2) is 0 Å². The molecule has 1 aromatic carbocycles. The number of amidine groups is 1. The van der Waals surface area contributed by atoms with Crippen LogP contribution in [-0.4, -0.2) is 23.1 Å². The van der Waals surface area contributed by atoms with Gasteiger partial charge in [-0.1, -0.05) is 29.8 Å². The van der Waals surface area contributed by atoms with Gasteiger partial charge in [-0.25, -0.2) is 0 Å². The monoisotopic (exact) mass is 322 g/mol. The number of aromatic nitrogens is 1. The molecule has 0 fully saturated rings. The molecule has 2 N–H and O–H groups in total. The van der Waals surface area contributed by atoms with Crippen molar-refractivity contribution in [3.8, 4) is 0 Å². The van der Waals surface area contributed by atoms with Crippen LogP contribution in [0, 0.1) is 13.8 Å². The summed E-state index contributed by atoms with van der Waals surface area (Å²) >= 11 is 0. The number of hydrogen-bond acceptors (Lipinski definition) is 2. The molecule has 1 unspecified atom stereocenters. The quantitative estimate of drug-likeness (QED) is 0.677. The molecule has 3 rings (SSSR count).